The van der Waals surface area contributed by atoms with E-state index in [9.17, 15) is 0 Å². The highest BCUT2D eigenvalue weighted by atomic mass is 15.3. The zero-order valence-corrected chi connectivity index (χ0v) is 21.5. The SMILES string of the molecule is CCCCCCCCCCCCCCCCN1C(C)(C)CC(N(C)C)CC1(C)C. The maximum absolute atomic E-state index is 2.82. The topological polar surface area (TPSA) is 6.48 Å². The lowest BCUT2D eigenvalue weighted by Gasteiger charge is -2.56. The molecule has 1 rings (SSSR count). The molecule has 0 aliphatic carbocycles. The van der Waals surface area contributed by atoms with Crippen LogP contribution in [0.4, 0.5) is 0 Å². The molecule has 174 valence electrons. The largest absolute Gasteiger partial charge is 0.306 e. The summed E-state index contributed by atoms with van der Waals surface area (Å²) in [5.74, 6) is 0. The highest BCUT2D eigenvalue weighted by molar-refractivity contribution is 5.02. The van der Waals surface area contributed by atoms with Gasteiger partial charge in [0.1, 0.15) is 0 Å². The maximum atomic E-state index is 2.82. The van der Waals surface area contributed by atoms with Crippen molar-refractivity contribution in [1.82, 2.24) is 9.80 Å². The summed E-state index contributed by atoms with van der Waals surface area (Å²) >= 11 is 0. The summed E-state index contributed by atoms with van der Waals surface area (Å²) in [6.45, 7) is 13.4. The molecule has 0 spiro atoms. The molecule has 0 atom stereocenters. The van der Waals surface area contributed by atoms with Crippen LogP contribution in [0.25, 0.3) is 0 Å². The standard InChI is InChI=1S/C27H56N2/c1-8-9-10-11-12-13-14-15-16-17-18-19-20-21-22-29-26(2,3)23-25(28(6)7)24-27(29,4)5/h25H,8-24H2,1-7H3. The smallest absolute Gasteiger partial charge is 0.0173 e. The van der Waals surface area contributed by atoms with Gasteiger partial charge < -0.3 is 4.90 Å². The molecule has 29 heavy (non-hydrogen) atoms. The number of likely N-dealkylation sites (tertiary alicyclic amines) is 1. The lowest BCUT2D eigenvalue weighted by atomic mass is 9.76. The summed E-state index contributed by atoms with van der Waals surface area (Å²) in [5, 5.41) is 0. The van der Waals surface area contributed by atoms with Gasteiger partial charge in [0.2, 0.25) is 0 Å². The van der Waals surface area contributed by atoms with Crippen LogP contribution < -0.4 is 0 Å². The number of hydrogen-bond donors (Lipinski definition) is 0. The van der Waals surface area contributed by atoms with Gasteiger partial charge in [0.15, 0.2) is 0 Å². The molecule has 0 bridgehead atoms. The lowest BCUT2D eigenvalue weighted by molar-refractivity contribution is -0.0583. The Morgan fingerprint density at radius 2 is 0.966 bits per heavy atom. The Kier molecular flexibility index (Phi) is 13.1. The van der Waals surface area contributed by atoms with Gasteiger partial charge in [-0.05, 0) is 67.6 Å². The molecule has 2 heteroatoms. The van der Waals surface area contributed by atoms with E-state index in [4.69, 9.17) is 0 Å². The summed E-state index contributed by atoms with van der Waals surface area (Å²) in [7, 11) is 4.50. The number of hydrogen-bond acceptors (Lipinski definition) is 2. The van der Waals surface area contributed by atoms with E-state index in [0.29, 0.717) is 17.1 Å². The van der Waals surface area contributed by atoms with E-state index >= 15 is 0 Å². The molecule has 1 heterocycles. The third-order valence-electron chi connectivity index (χ3n) is 7.40. The van der Waals surface area contributed by atoms with Gasteiger partial charge in [0, 0.05) is 17.1 Å². The predicted octanol–water partition coefficient (Wildman–Crippen LogP) is 8.05. The molecule has 1 aliphatic rings. The minimum absolute atomic E-state index is 0.313. The van der Waals surface area contributed by atoms with E-state index in [-0.39, 0.29) is 0 Å². The van der Waals surface area contributed by atoms with Gasteiger partial charge in [-0.1, -0.05) is 90.4 Å². The van der Waals surface area contributed by atoms with Crippen LogP contribution in [0, 0.1) is 0 Å². The molecule has 0 N–H and O–H groups in total. The molecule has 0 saturated carbocycles. The van der Waals surface area contributed by atoms with Crippen molar-refractivity contribution in [2.45, 2.75) is 154 Å². The van der Waals surface area contributed by atoms with Crippen LogP contribution in [0.2, 0.25) is 0 Å². The fourth-order valence-electron chi connectivity index (χ4n) is 5.70. The Bertz CT molecular complexity index is 381. The number of unbranched alkanes of at least 4 members (excludes halogenated alkanes) is 13. The molecule has 2 nitrogen and oxygen atoms in total. The second kappa shape index (κ2) is 14.1. The van der Waals surface area contributed by atoms with Gasteiger partial charge in [0.25, 0.3) is 0 Å². The van der Waals surface area contributed by atoms with Crippen LogP contribution in [0.5, 0.6) is 0 Å². The summed E-state index contributed by atoms with van der Waals surface area (Å²) in [5.41, 5.74) is 0.625. The van der Waals surface area contributed by atoms with Gasteiger partial charge in [-0.25, -0.2) is 0 Å². The maximum Gasteiger partial charge on any atom is 0.0173 e. The third kappa shape index (κ3) is 10.7. The first kappa shape index (κ1) is 27.0. The van der Waals surface area contributed by atoms with Crippen molar-refractivity contribution in [3.05, 3.63) is 0 Å². The Morgan fingerprint density at radius 3 is 1.31 bits per heavy atom. The molecule has 0 amide bonds. The third-order valence-corrected chi connectivity index (χ3v) is 7.40. The van der Waals surface area contributed by atoms with Gasteiger partial charge in [-0.15, -0.1) is 0 Å². The zero-order chi connectivity index (χ0) is 21.8. The van der Waals surface area contributed by atoms with Crippen molar-refractivity contribution in [3.8, 4) is 0 Å². The van der Waals surface area contributed by atoms with Gasteiger partial charge in [-0.3, -0.25) is 4.90 Å². The monoisotopic (exact) mass is 408 g/mol. The fraction of sp³-hybridized carbons (Fsp3) is 1.00. The highest BCUT2D eigenvalue weighted by Crippen LogP contribution is 2.39. The minimum Gasteiger partial charge on any atom is -0.306 e. The summed E-state index contributed by atoms with van der Waals surface area (Å²) in [6.07, 6.45) is 22.8. The van der Waals surface area contributed by atoms with E-state index < -0.39 is 0 Å². The molecular formula is C27H56N2. The van der Waals surface area contributed by atoms with Gasteiger partial charge in [-0.2, -0.15) is 0 Å². The summed E-state index contributed by atoms with van der Waals surface area (Å²) < 4.78 is 0. The lowest BCUT2D eigenvalue weighted by Crippen LogP contribution is -2.63. The first-order valence-electron chi connectivity index (χ1n) is 13.1. The molecule has 0 unspecified atom stereocenters. The molecule has 0 radical (unpaired) electrons. The average molecular weight is 409 g/mol. The second-order valence-corrected chi connectivity index (χ2v) is 11.4. The van der Waals surface area contributed by atoms with Crippen LogP contribution in [-0.4, -0.2) is 47.6 Å². The Labute approximate surface area is 185 Å². The normalized spacial score (nSPS) is 19.9. The van der Waals surface area contributed by atoms with E-state index in [2.05, 4.69) is 58.5 Å². The van der Waals surface area contributed by atoms with Gasteiger partial charge in [0.05, 0.1) is 0 Å². The molecule has 1 aliphatic heterocycles. The molecule has 0 aromatic heterocycles. The quantitative estimate of drug-likeness (QED) is 0.238. The second-order valence-electron chi connectivity index (χ2n) is 11.4. The van der Waals surface area contributed by atoms with Crippen molar-refractivity contribution < 1.29 is 0 Å². The van der Waals surface area contributed by atoms with Crippen LogP contribution in [0.15, 0.2) is 0 Å². The number of rotatable bonds is 16. The predicted molar refractivity (Wildman–Crippen MR) is 132 cm³/mol. The van der Waals surface area contributed by atoms with Crippen molar-refractivity contribution in [2.24, 2.45) is 0 Å². The van der Waals surface area contributed by atoms with Crippen molar-refractivity contribution in [1.29, 1.82) is 0 Å². The first-order chi connectivity index (χ1) is 13.7. The number of piperidine rings is 1. The van der Waals surface area contributed by atoms with Crippen LogP contribution in [0.1, 0.15) is 137 Å². The molecule has 1 saturated heterocycles. The van der Waals surface area contributed by atoms with Crippen molar-refractivity contribution in [2.75, 3.05) is 20.6 Å². The molecule has 1 fully saturated rings. The van der Waals surface area contributed by atoms with Crippen LogP contribution in [-0.2, 0) is 0 Å². The minimum atomic E-state index is 0.313. The van der Waals surface area contributed by atoms with E-state index in [1.54, 1.807) is 0 Å². The van der Waals surface area contributed by atoms with Gasteiger partial charge >= 0.3 is 0 Å². The van der Waals surface area contributed by atoms with Crippen molar-refractivity contribution >= 4 is 0 Å². The van der Waals surface area contributed by atoms with E-state index in [1.807, 2.05) is 0 Å². The Balaban J connectivity index is 2.07. The number of nitrogens with zero attached hydrogens (tertiary/aromatic N) is 2. The fourth-order valence-corrected chi connectivity index (χ4v) is 5.70. The van der Waals surface area contributed by atoms with Crippen LogP contribution >= 0.6 is 0 Å². The molecule has 0 aromatic rings. The molecular weight excluding hydrogens is 352 g/mol. The van der Waals surface area contributed by atoms with E-state index in [0.717, 1.165) is 0 Å². The average Bonchev–Trinajstić information content (AvgIpc) is 2.62. The first-order valence-corrected chi connectivity index (χ1v) is 13.1. The highest BCUT2D eigenvalue weighted by Gasteiger charge is 2.45. The van der Waals surface area contributed by atoms with E-state index in [1.165, 1.54) is 109 Å². The Hall–Kier alpha value is -0.0800. The Morgan fingerprint density at radius 1 is 0.621 bits per heavy atom. The summed E-state index contributed by atoms with van der Waals surface area (Å²) in [4.78, 5) is 5.26. The molecule has 0 aromatic carbocycles. The summed E-state index contributed by atoms with van der Waals surface area (Å²) in [6, 6.07) is 0.715. The van der Waals surface area contributed by atoms with Crippen molar-refractivity contribution in [3.63, 3.8) is 0 Å². The zero-order valence-electron chi connectivity index (χ0n) is 21.5. The van der Waals surface area contributed by atoms with Crippen LogP contribution in [0.3, 0.4) is 0 Å².